The number of para-hydroxylation sites is 1. The van der Waals surface area contributed by atoms with Crippen molar-refractivity contribution < 1.29 is 9.53 Å². The molecule has 0 bridgehead atoms. The van der Waals surface area contributed by atoms with Crippen molar-refractivity contribution in [2.24, 2.45) is 0 Å². The predicted molar refractivity (Wildman–Crippen MR) is 133 cm³/mol. The largest absolute Gasteiger partial charge is 0.472 e. The van der Waals surface area contributed by atoms with Gasteiger partial charge in [0.25, 0.3) is 5.91 Å². The zero-order valence-corrected chi connectivity index (χ0v) is 19.5. The van der Waals surface area contributed by atoms with Gasteiger partial charge in [-0.3, -0.25) is 9.69 Å². The van der Waals surface area contributed by atoms with Crippen LogP contribution in [0.4, 0.5) is 22.9 Å². The maximum absolute atomic E-state index is 13.1. The van der Waals surface area contributed by atoms with Gasteiger partial charge in [0.1, 0.15) is 23.2 Å². The summed E-state index contributed by atoms with van der Waals surface area (Å²) in [6, 6.07) is 14.6. The summed E-state index contributed by atoms with van der Waals surface area (Å²) in [5.41, 5.74) is 2.93. The third kappa shape index (κ3) is 4.21. The summed E-state index contributed by atoms with van der Waals surface area (Å²) in [7, 11) is 0. The van der Waals surface area contributed by atoms with Crippen molar-refractivity contribution in [3.63, 3.8) is 0 Å². The Morgan fingerprint density at radius 2 is 1.88 bits per heavy atom. The summed E-state index contributed by atoms with van der Waals surface area (Å²) >= 11 is 12.5. The number of piperazine rings is 1. The fraction of sp³-hybridized carbons (Fsp3) is 0.208. The Morgan fingerprint density at radius 1 is 1.12 bits per heavy atom. The highest BCUT2D eigenvalue weighted by Gasteiger charge is 2.30. The number of pyridine rings is 1. The lowest BCUT2D eigenvalue weighted by Gasteiger charge is -2.30. The average molecular weight is 495 g/mol. The number of benzene rings is 2. The van der Waals surface area contributed by atoms with Crippen LogP contribution in [0.3, 0.4) is 0 Å². The molecule has 8 nitrogen and oxygen atoms in total. The SMILES string of the molecule is N#Cc1cc(Nc2cc3c(cn2)C(=O)N(c2c(Cl)cccc2Cl)CO3)ccc1N1CCNCC1. The molecule has 3 heterocycles. The molecular formula is C24H20Cl2N6O2. The predicted octanol–water partition coefficient (Wildman–Crippen LogP) is 4.41. The van der Waals surface area contributed by atoms with Crippen molar-refractivity contribution in [2.75, 3.05) is 48.0 Å². The molecule has 3 aromatic rings. The molecule has 0 spiro atoms. The Hall–Kier alpha value is -3.51. The fourth-order valence-corrected chi connectivity index (χ4v) is 4.67. The van der Waals surface area contributed by atoms with Gasteiger partial charge in [-0.25, -0.2) is 4.98 Å². The molecule has 0 saturated carbocycles. The number of carbonyl (C=O) groups is 1. The number of amides is 1. The van der Waals surface area contributed by atoms with Crippen LogP contribution >= 0.6 is 23.2 Å². The third-order valence-electron chi connectivity index (χ3n) is 5.75. The van der Waals surface area contributed by atoms with Crippen molar-refractivity contribution in [1.82, 2.24) is 10.3 Å². The standard InChI is InChI=1S/C24H20Cl2N6O2/c25-18-2-1-3-19(26)23(18)32-14-34-21-11-22(29-13-17(21)24(32)33)30-16-4-5-20(15(10-16)12-27)31-8-6-28-7-9-31/h1-5,10-11,13,28H,6-9,14H2,(H,29,30). The smallest absolute Gasteiger partial charge is 0.266 e. The van der Waals surface area contributed by atoms with Crippen molar-refractivity contribution in [3.8, 4) is 11.8 Å². The molecule has 2 N–H and O–H groups in total. The summed E-state index contributed by atoms with van der Waals surface area (Å²) in [5, 5.41) is 16.9. The molecule has 2 aliphatic rings. The Labute approximate surface area is 206 Å². The van der Waals surface area contributed by atoms with Crippen LogP contribution in [-0.4, -0.2) is 43.8 Å². The number of hydrogen-bond acceptors (Lipinski definition) is 7. The van der Waals surface area contributed by atoms with Crippen LogP contribution in [0.5, 0.6) is 5.75 Å². The van der Waals surface area contributed by atoms with Gasteiger partial charge in [-0.2, -0.15) is 5.26 Å². The molecule has 1 amide bonds. The monoisotopic (exact) mass is 494 g/mol. The van der Waals surface area contributed by atoms with Gasteiger partial charge >= 0.3 is 0 Å². The van der Waals surface area contributed by atoms with E-state index in [4.69, 9.17) is 27.9 Å². The van der Waals surface area contributed by atoms with Crippen LogP contribution in [0.25, 0.3) is 0 Å². The molecule has 0 aliphatic carbocycles. The molecule has 0 radical (unpaired) electrons. The van der Waals surface area contributed by atoms with Crippen LogP contribution in [0.2, 0.25) is 10.0 Å². The van der Waals surface area contributed by atoms with E-state index >= 15 is 0 Å². The highest BCUT2D eigenvalue weighted by Crippen LogP contribution is 2.38. The van der Waals surface area contributed by atoms with E-state index in [0.29, 0.717) is 38.4 Å². The van der Waals surface area contributed by atoms with E-state index in [1.165, 1.54) is 11.1 Å². The molecule has 172 valence electrons. The minimum atomic E-state index is -0.303. The van der Waals surface area contributed by atoms with Crippen molar-refractivity contribution in [3.05, 3.63) is 69.8 Å². The van der Waals surface area contributed by atoms with E-state index in [1.54, 1.807) is 30.3 Å². The first kappa shape index (κ1) is 22.3. The van der Waals surface area contributed by atoms with E-state index in [1.807, 2.05) is 12.1 Å². The Bertz CT molecular complexity index is 1280. The first-order chi connectivity index (χ1) is 16.5. The Kier molecular flexibility index (Phi) is 6.16. The number of aromatic nitrogens is 1. The number of fused-ring (bicyclic) bond motifs is 1. The van der Waals surface area contributed by atoms with Gasteiger partial charge in [-0.05, 0) is 30.3 Å². The van der Waals surface area contributed by atoms with Gasteiger partial charge < -0.3 is 20.3 Å². The molecule has 2 aliphatic heterocycles. The Morgan fingerprint density at radius 3 is 2.62 bits per heavy atom. The van der Waals surface area contributed by atoms with Crippen molar-refractivity contribution in [1.29, 1.82) is 5.26 Å². The highest BCUT2D eigenvalue weighted by atomic mass is 35.5. The first-order valence-electron chi connectivity index (χ1n) is 10.7. The fourth-order valence-electron chi connectivity index (χ4n) is 4.07. The third-order valence-corrected chi connectivity index (χ3v) is 6.36. The van der Waals surface area contributed by atoms with Crippen LogP contribution in [0.1, 0.15) is 15.9 Å². The maximum atomic E-state index is 13.1. The van der Waals surface area contributed by atoms with Crippen LogP contribution in [0, 0.1) is 11.3 Å². The second-order valence-electron chi connectivity index (χ2n) is 7.85. The zero-order chi connectivity index (χ0) is 23.7. The molecular weight excluding hydrogens is 475 g/mol. The van der Waals surface area contributed by atoms with E-state index in [-0.39, 0.29) is 12.6 Å². The number of nitrogens with one attached hydrogen (secondary N) is 2. The second kappa shape index (κ2) is 9.39. The van der Waals surface area contributed by atoms with Gasteiger partial charge in [0.15, 0.2) is 6.73 Å². The van der Waals surface area contributed by atoms with Crippen LogP contribution in [0.15, 0.2) is 48.7 Å². The van der Waals surface area contributed by atoms with Gasteiger partial charge in [0, 0.05) is 44.1 Å². The number of anilines is 4. The quantitative estimate of drug-likeness (QED) is 0.554. The maximum Gasteiger partial charge on any atom is 0.266 e. The summed E-state index contributed by atoms with van der Waals surface area (Å²) in [6.45, 7) is 3.47. The zero-order valence-electron chi connectivity index (χ0n) is 18.0. The van der Waals surface area contributed by atoms with Gasteiger partial charge in [0.05, 0.1) is 27.0 Å². The number of hydrogen-bond donors (Lipinski definition) is 2. The topological polar surface area (TPSA) is 93.5 Å². The molecule has 0 unspecified atom stereocenters. The molecule has 34 heavy (non-hydrogen) atoms. The summed E-state index contributed by atoms with van der Waals surface area (Å²) < 4.78 is 5.84. The van der Waals surface area contributed by atoms with Crippen molar-refractivity contribution >= 4 is 52.0 Å². The van der Waals surface area contributed by atoms with Gasteiger partial charge in [-0.1, -0.05) is 29.3 Å². The summed E-state index contributed by atoms with van der Waals surface area (Å²) in [4.78, 5) is 21.0. The highest BCUT2D eigenvalue weighted by molar-refractivity contribution is 6.40. The molecule has 1 aromatic heterocycles. The van der Waals surface area contributed by atoms with E-state index in [9.17, 15) is 10.1 Å². The van der Waals surface area contributed by atoms with Crippen LogP contribution in [-0.2, 0) is 0 Å². The number of nitrogens with zero attached hydrogens (tertiary/aromatic N) is 4. The van der Waals surface area contributed by atoms with Crippen molar-refractivity contribution in [2.45, 2.75) is 0 Å². The normalized spacial score (nSPS) is 15.4. The van der Waals surface area contributed by atoms with Gasteiger partial charge in [-0.15, -0.1) is 0 Å². The number of nitriles is 1. The van der Waals surface area contributed by atoms with Gasteiger partial charge in [0.2, 0.25) is 0 Å². The molecule has 1 saturated heterocycles. The molecule has 1 fully saturated rings. The minimum absolute atomic E-state index is 0.0310. The molecule has 2 aromatic carbocycles. The number of carbonyl (C=O) groups excluding carboxylic acids is 1. The van der Waals surface area contributed by atoms with E-state index in [2.05, 4.69) is 26.6 Å². The first-order valence-corrected chi connectivity index (χ1v) is 11.5. The number of halogens is 2. The van der Waals surface area contributed by atoms with Crippen LogP contribution < -0.4 is 25.2 Å². The number of ether oxygens (including phenoxy) is 1. The lowest BCUT2D eigenvalue weighted by atomic mass is 10.1. The number of rotatable bonds is 4. The van der Waals surface area contributed by atoms with E-state index < -0.39 is 0 Å². The lowest BCUT2D eigenvalue weighted by Crippen LogP contribution is -2.43. The summed E-state index contributed by atoms with van der Waals surface area (Å²) in [6.07, 6.45) is 1.46. The molecule has 0 atom stereocenters. The Balaban J connectivity index is 1.37. The lowest BCUT2D eigenvalue weighted by molar-refractivity contribution is 0.0936. The van der Waals surface area contributed by atoms with E-state index in [0.717, 1.165) is 37.6 Å². The minimum Gasteiger partial charge on any atom is -0.472 e. The average Bonchev–Trinajstić information content (AvgIpc) is 2.85. The second-order valence-corrected chi connectivity index (χ2v) is 8.66. The molecule has 5 rings (SSSR count). The summed E-state index contributed by atoms with van der Waals surface area (Å²) in [5.74, 6) is 0.594. The molecule has 10 heteroatoms.